The third kappa shape index (κ3) is 2.81. The van der Waals surface area contributed by atoms with E-state index in [0.29, 0.717) is 21.3 Å². The standard InChI is InChI=1S/C12H10Cl2N2O/c1-16-5-4-8(7-16)12(17)15-11-3-2-9(13)6-10(11)14/h2-7H,1H3,(H,15,17). The highest BCUT2D eigenvalue weighted by atomic mass is 35.5. The van der Waals surface area contributed by atoms with Gasteiger partial charge in [-0.25, -0.2) is 0 Å². The second-order valence-corrected chi connectivity index (χ2v) is 4.49. The first-order chi connectivity index (χ1) is 8.06. The number of amides is 1. The Hall–Kier alpha value is -1.45. The molecule has 88 valence electrons. The fraction of sp³-hybridized carbons (Fsp3) is 0.0833. The van der Waals surface area contributed by atoms with Crippen molar-refractivity contribution < 1.29 is 4.79 Å². The van der Waals surface area contributed by atoms with Crippen LogP contribution in [0.2, 0.25) is 10.0 Å². The van der Waals surface area contributed by atoms with Gasteiger partial charge in [-0.2, -0.15) is 0 Å². The average Bonchev–Trinajstić information content (AvgIpc) is 2.69. The molecule has 0 atom stereocenters. The summed E-state index contributed by atoms with van der Waals surface area (Å²) >= 11 is 11.7. The number of hydrogen-bond acceptors (Lipinski definition) is 1. The predicted molar refractivity (Wildman–Crippen MR) is 69.8 cm³/mol. The molecule has 0 fully saturated rings. The summed E-state index contributed by atoms with van der Waals surface area (Å²) in [7, 11) is 1.85. The highest BCUT2D eigenvalue weighted by Gasteiger charge is 2.09. The van der Waals surface area contributed by atoms with Crippen molar-refractivity contribution in [3.05, 3.63) is 52.3 Å². The quantitative estimate of drug-likeness (QED) is 0.888. The lowest BCUT2D eigenvalue weighted by Gasteiger charge is -2.06. The highest BCUT2D eigenvalue weighted by Crippen LogP contribution is 2.25. The van der Waals surface area contributed by atoms with E-state index in [0.717, 1.165) is 0 Å². The number of carbonyl (C=O) groups excluding carboxylic acids is 1. The van der Waals surface area contributed by atoms with Gasteiger partial charge in [0, 0.05) is 24.5 Å². The fourth-order valence-corrected chi connectivity index (χ4v) is 1.88. The van der Waals surface area contributed by atoms with E-state index < -0.39 is 0 Å². The molecule has 1 N–H and O–H groups in total. The maximum atomic E-state index is 11.8. The molecule has 0 aliphatic heterocycles. The number of nitrogens with one attached hydrogen (secondary N) is 1. The van der Waals surface area contributed by atoms with Crippen molar-refractivity contribution in [2.75, 3.05) is 5.32 Å². The van der Waals surface area contributed by atoms with Gasteiger partial charge in [0.25, 0.3) is 5.91 Å². The van der Waals surface area contributed by atoms with Crippen molar-refractivity contribution in [1.29, 1.82) is 0 Å². The van der Waals surface area contributed by atoms with Crippen LogP contribution in [0.25, 0.3) is 0 Å². The molecular weight excluding hydrogens is 259 g/mol. The lowest BCUT2D eigenvalue weighted by atomic mass is 10.3. The van der Waals surface area contributed by atoms with Crippen LogP contribution in [-0.2, 0) is 7.05 Å². The summed E-state index contributed by atoms with van der Waals surface area (Å²) in [6.45, 7) is 0. The summed E-state index contributed by atoms with van der Waals surface area (Å²) < 4.78 is 1.80. The van der Waals surface area contributed by atoms with Crippen molar-refractivity contribution in [3.8, 4) is 0 Å². The highest BCUT2D eigenvalue weighted by molar-refractivity contribution is 6.36. The van der Waals surface area contributed by atoms with Gasteiger partial charge in [0.1, 0.15) is 0 Å². The van der Waals surface area contributed by atoms with Gasteiger partial charge < -0.3 is 9.88 Å². The minimum atomic E-state index is -0.199. The first-order valence-corrected chi connectivity index (χ1v) is 5.70. The smallest absolute Gasteiger partial charge is 0.257 e. The lowest BCUT2D eigenvalue weighted by Crippen LogP contribution is -2.11. The summed E-state index contributed by atoms with van der Waals surface area (Å²) in [6.07, 6.45) is 3.54. The molecule has 1 amide bonds. The molecule has 1 aromatic heterocycles. The zero-order valence-electron chi connectivity index (χ0n) is 9.08. The Morgan fingerprint density at radius 3 is 2.65 bits per heavy atom. The van der Waals surface area contributed by atoms with Gasteiger partial charge in [0.05, 0.1) is 16.3 Å². The molecule has 0 unspecified atom stereocenters. The van der Waals surface area contributed by atoms with E-state index in [1.165, 1.54) is 0 Å². The van der Waals surface area contributed by atoms with E-state index in [9.17, 15) is 4.79 Å². The largest absolute Gasteiger partial charge is 0.356 e. The Labute approximate surface area is 109 Å². The molecular formula is C12H10Cl2N2O. The molecule has 0 saturated carbocycles. The van der Waals surface area contributed by atoms with E-state index in [1.54, 1.807) is 41.2 Å². The number of hydrogen-bond donors (Lipinski definition) is 1. The summed E-state index contributed by atoms with van der Waals surface area (Å²) in [4.78, 5) is 11.8. The molecule has 17 heavy (non-hydrogen) atoms. The number of halogens is 2. The monoisotopic (exact) mass is 268 g/mol. The minimum absolute atomic E-state index is 0.199. The van der Waals surface area contributed by atoms with E-state index in [4.69, 9.17) is 23.2 Å². The number of benzene rings is 1. The lowest BCUT2D eigenvalue weighted by molar-refractivity contribution is 0.102. The van der Waals surface area contributed by atoms with Crippen LogP contribution in [0.3, 0.4) is 0 Å². The zero-order valence-corrected chi connectivity index (χ0v) is 10.6. The SMILES string of the molecule is Cn1ccc(C(=O)Nc2ccc(Cl)cc2Cl)c1. The van der Waals surface area contributed by atoms with Crippen molar-refractivity contribution in [2.45, 2.75) is 0 Å². The minimum Gasteiger partial charge on any atom is -0.356 e. The van der Waals surface area contributed by atoms with Gasteiger partial charge in [-0.05, 0) is 24.3 Å². The molecule has 3 nitrogen and oxygen atoms in total. The summed E-state index contributed by atoms with van der Waals surface area (Å²) in [5.41, 5.74) is 1.13. The maximum absolute atomic E-state index is 11.8. The zero-order chi connectivity index (χ0) is 12.4. The number of carbonyl (C=O) groups is 1. The number of nitrogens with zero attached hydrogens (tertiary/aromatic N) is 1. The third-order valence-corrected chi connectivity index (χ3v) is 2.82. The Balaban J connectivity index is 2.18. The van der Waals surface area contributed by atoms with Crippen molar-refractivity contribution in [3.63, 3.8) is 0 Å². The van der Waals surface area contributed by atoms with Crippen LogP contribution >= 0.6 is 23.2 Å². The second-order valence-electron chi connectivity index (χ2n) is 3.64. The van der Waals surface area contributed by atoms with E-state index in [2.05, 4.69) is 5.32 Å². The van der Waals surface area contributed by atoms with Crippen LogP contribution in [0.4, 0.5) is 5.69 Å². The molecule has 0 saturated heterocycles. The molecule has 0 bridgehead atoms. The van der Waals surface area contributed by atoms with Crippen LogP contribution < -0.4 is 5.32 Å². The summed E-state index contributed by atoms with van der Waals surface area (Å²) in [5.74, 6) is -0.199. The van der Waals surface area contributed by atoms with Crippen molar-refractivity contribution in [2.24, 2.45) is 7.05 Å². The van der Waals surface area contributed by atoms with Crippen LogP contribution in [0.15, 0.2) is 36.7 Å². The summed E-state index contributed by atoms with van der Waals surface area (Å²) in [5, 5.41) is 3.68. The number of anilines is 1. The Morgan fingerprint density at radius 2 is 2.06 bits per heavy atom. The Bertz CT molecular complexity index is 563. The molecule has 0 aliphatic carbocycles. The van der Waals surface area contributed by atoms with Crippen LogP contribution in [0.1, 0.15) is 10.4 Å². The van der Waals surface area contributed by atoms with Gasteiger partial charge in [0.2, 0.25) is 0 Å². The Morgan fingerprint density at radius 1 is 1.29 bits per heavy atom. The van der Waals surface area contributed by atoms with E-state index in [-0.39, 0.29) is 5.91 Å². The van der Waals surface area contributed by atoms with Gasteiger partial charge in [-0.1, -0.05) is 23.2 Å². The molecule has 5 heteroatoms. The van der Waals surface area contributed by atoms with Gasteiger partial charge >= 0.3 is 0 Å². The first kappa shape index (κ1) is 12.0. The van der Waals surface area contributed by atoms with Gasteiger partial charge in [-0.15, -0.1) is 0 Å². The number of aromatic nitrogens is 1. The van der Waals surface area contributed by atoms with Crippen LogP contribution in [0.5, 0.6) is 0 Å². The van der Waals surface area contributed by atoms with Crippen molar-refractivity contribution >= 4 is 34.8 Å². The summed E-state index contributed by atoms with van der Waals surface area (Å²) in [6, 6.07) is 6.67. The third-order valence-electron chi connectivity index (χ3n) is 2.27. The van der Waals surface area contributed by atoms with Crippen LogP contribution in [-0.4, -0.2) is 10.5 Å². The molecule has 1 aromatic carbocycles. The van der Waals surface area contributed by atoms with Crippen molar-refractivity contribution in [1.82, 2.24) is 4.57 Å². The molecule has 2 aromatic rings. The molecule has 0 radical (unpaired) electrons. The van der Waals surface area contributed by atoms with Crippen LogP contribution in [0, 0.1) is 0 Å². The molecule has 2 rings (SSSR count). The first-order valence-electron chi connectivity index (χ1n) is 4.94. The number of rotatable bonds is 2. The van der Waals surface area contributed by atoms with Gasteiger partial charge in [-0.3, -0.25) is 4.79 Å². The predicted octanol–water partition coefficient (Wildman–Crippen LogP) is 3.58. The number of aryl methyl sites for hydroxylation is 1. The molecule has 1 heterocycles. The average molecular weight is 269 g/mol. The maximum Gasteiger partial charge on any atom is 0.257 e. The second kappa shape index (κ2) is 4.82. The molecule has 0 spiro atoms. The fourth-order valence-electron chi connectivity index (χ4n) is 1.42. The topological polar surface area (TPSA) is 34.0 Å². The Kier molecular flexibility index (Phi) is 3.41. The van der Waals surface area contributed by atoms with E-state index >= 15 is 0 Å². The van der Waals surface area contributed by atoms with E-state index in [1.807, 2.05) is 7.05 Å². The molecule has 0 aliphatic rings. The normalized spacial score (nSPS) is 10.3. The van der Waals surface area contributed by atoms with Gasteiger partial charge in [0.15, 0.2) is 0 Å².